The third kappa shape index (κ3) is 3.87. The van der Waals surface area contributed by atoms with Crippen molar-refractivity contribution in [3.63, 3.8) is 0 Å². The number of aryl methyl sites for hydroxylation is 1. The molecular weight excluding hydrogens is 314 g/mol. The van der Waals surface area contributed by atoms with Gasteiger partial charge in [-0.25, -0.2) is 0 Å². The summed E-state index contributed by atoms with van der Waals surface area (Å²) in [6.07, 6.45) is 3.23. The minimum absolute atomic E-state index is 0.0491. The molecule has 0 radical (unpaired) electrons. The van der Waals surface area contributed by atoms with Gasteiger partial charge >= 0.3 is 0 Å². The molecule has 0 aliphatic carbocycles. The lowest BCUT2D eigenvalue weighted by molar-refractivity contribution is -0.137. The molecule has 5 heteroatoms. The van der Waals surface area contributed by atoms with Crippen LogP contribution in [0.1, 0.15) is 38.7 Å². The van der Waals surface area contributed by atoms with E-state index >= 15 is 0 Å². The Balaban J connectivity index is 1.61. The van der Waals surface area contributed by atoms with E-state index in [1.165, 1.54) is 5.56 Å². The van der Waals surface area contributed by atoms with Crippen molar-refractivity contribution < 1.29 is 9.59 Å². The Kier molecular flexibility index (Phi) is 5.42. The second-order valence-electron chi connectivity index (χ2n) is 7.45. The molecule has 5 nitrogen and oxygen atoms in total. The summed E-state index contributed by atoms with van der Waals surface area (Å²) in [4.78, 5) is 28.9. The van der Waals surface area contributed by atoms with E-state index in [1.54, 1.807) is 4.90 Å². The van der Waals surface area contributed by atoms with Crippen molar-refractivity contribution in [1.29, 1.82) is 0 Å². The molecule has 2 aliphatic heterocycles. The van der Waals surface area contributed by atoms with Crippen molar-refractivity contribution in [1.82, 2.24) is 4.90 Å². The molecule has 1 aromatic carbocycles. The SMILES string of the molecule is CCc1ccc(N2CC(C(=O)N3CCC(C(C)N)CC3)CC2=O)cc1. The number of rotatable bonds is 4. The molecule has 2 atom stereocenters. The molecule has 2 fully saturated rings. The summed E-state index contributed by atoms with van der Waals surface area (Å²) in [7, 11) is 0. The molecule has 2 heterocycles. The van der Waals surface area contributed by atoms with Crippen molar-refractivity contribution in [2.24, 2.45) is 17.6 Å². The highest BCUT2D eigenvalue weighted by atomic mass is 16.2. The van der Waals surface area contributed by atoms with Crippen LogP contribution in [0.15, 0.2) is 24.3 Å². The number of hydrogen-bond donors (Lipinski definition) is 1. The normalized spacial score (nSPS) is 23.2. The highest BCUT2D eigenvalue weighted by Crippen LogP contribution is 2.28. The van der Waals surface area contributed by atoms with E-state index in [9.17, 15) is 9.59 Å². The topological polar surface area (TPSA) is 66.6 Å². The van der Waals surface area contributed by atoms with Gasteiger partial charge in [-0.05, 0) is 49.8 Å². The first-order valence-electron chi connectivity index (χ1n) is 9.43. The van der Waals surface area contributed by atoms with Crippen molar-refractivity contribution in [2.45, 2.75) is 45.6 Å². The second kappa shape index (κ2) is 7.56. The van der Waals surface area contributed by atoms with Crippen LogP contribution in [-0.2, 0) is 16.0 Å². The standard InChI is InChI=1S/C20H29N3O2/c1-3-15-4-6-18(7-5-15)23-13-17(12-19(23)24)20(25)22-10-8-16(9-11-22)14(2)21/h4-7,14,16-17H,3,8-13,21H2,1-2H3. The molecule has 2 aliphatic rings. The minimum Gasteiger partial charge on any atom is -0.342 e. The van der Waals surface area contributed by atoms with Crippen molar-refractivity contribution in [3.8, 4) is 0 Å². The fourth-order valence-electron chi connectivity index (χ4n) is 3.94. The van der Waals surface area contributed by atoms with Gasteiger partial charge < -0.3 is 15.5 Å². The molecule has 0 saturated carbocycles. The van der Waals surface area contributed by atoms with Gasteiger partial charge in [-0.15, -0.1) is 0 Å². The first kappa shape index (κ1) is 17.9. The first-order chi connectivity index (χ1) is 12.0. The highest BCUT2D eigenvalue weighted by Gasteiger charge is 2.38. The van der Waals surface area contributed by atoms with Crippen LogP contribution in [0.4, 0.5) is 5.69 Å². The highest BCUT2D eigenvalue weighted by molar-refractivity contribution is 6.00. The number of likely N-dealkylation sites (tertiary alicyclic amines) is 1. The van der Waals surface area contributed by atoms with Crippen molar-refractivity contribution >= 4 is 17.5 Å². The van der Waals surface area contributed by atoms with Crippen LogP contribution >= 0.6 is 0 Å². The quantitative estimate of drug-likeness (QED) is 0.911. The second-order valence-corrected chi connectivity index (χ2v) is 7.45. The number of amides is 2. The van der Waals surface area contributed by atoms with Gasteiger partial charge in [0.2, 0.25) is 11.8 Å². The Morgan fingerprint density at radius 2 is 1.88 bits per heavy atom. The molecule has 3 rings (SSSR count). The van der Waals surface area contributed by atoms with Crippen LogP contribution in [0.5, 0.6) is 0 Å². The minimum atomic E-state index is -0.217. The predicted molar refractivity (Wildman–Crippen MR) is 99.2 cm³/mol. The molecule has 2 amide bonds. The average molecular weight is 343 g/mol. The van der Waals surface area contributed by atoms with Gasteiger partial charge in [-0.3, -0.25) is 9.59 Å². The molecule has 2 saturated heterocycles. The maximum absolute atomic E-state index is 12.8. The van der Waals surface area contributed by atoms with Crippen LogP contribution in [0, 0.1) is 11.8 Å². The monoisotopic (exact) mass is 343 g/mol. The summed E-state index contributed by atoms with van der Waals surface area (Å²) >= 11 is 0. The van der Waals surface area contributed by atoms with E-state index in [0.29, 0.717) is 18.9 Å². The molecule has 1 aromatic rings. The lowest BCUT2D eigenvalue weighted by Gasteiger charge is -2.35. The number of hydrogen-bond acceptors (Lipinski definition) is 3. The number of carbonyl (C=O) groups is 2. The summed E-state index contributed by atoms with van der Waals surface area (Å²) in [5.74, 6) is 0.463. The van der Waals surface area contributed by atoms with E-state index < -0.39 is 0 Å². The van der Waals surface area contributed by atoms with Gasteiger partial charge in [0.25, 0.3) is 0 Å². The molecule has 0 bridgehead atoms. The van der Waals surface area contributed by atoms with E-state index in [2.05, 4.69) is 19.1 Å². The van der Waals surface area contributed by atoms with E-state index in [0.717, 1.165) is 38.0 Å². The van der Waals surface area contributed by atoms with Gasteiger partial charge in [-0.1, -0.05) is 19.1 Å². The van der Waals surface area contributed by atoms with Gasteiger partial charge in [-0.2, -0.15) is 0 Å². The molecule has 136 valence electrons. The van der Waals surface area contributed by atoms with E-state index in [4.69, 9.17) is 5.73 Å². The van der Waals surface area contributed by atoms with Crippen LogP contribution < -0.4 is 10.6 Å². The Morgan fingerprint density at radius 1 is 1.24 bits per heavy atom. The Labute approximate surface area is 150 Å². The number of benzene rings is 1. The number of nitrogens with zero attached hydrogens (tertiary/aromatic N) is 2. The number of anilines is 1. The summed E-state index contributed by atoms with van der Waals surface area (Å²) < 4.78 is 0. The zero-order valence-corrected chi connectivity index (χ0v) is 15.3. The summed E-state index contributed by atoms with van der Waals surface area (Å²) in [5.41, 5.74) is 8.12. The molecule has 25 heavy (non-hydrogen) atoms. The fourth-order valence-corrected chi connectivity index (χ4v) is 3.94. The fraction of sp³-hybridized carbons (Fsp3) is 0.600. The lowest BCUT2D eigenvalue weighted by atomic mass is 9.90. The lowest BCUT2D eigenvalue weighted by Crippen LogP contribution is -2.45. The third-order valence-electron chi connectivity index (χ3n) is 5.73. The average Bonchev–Trinajstić information content (AvgIpc) is 3.03. The van der Waals surface area contributed by atoms with Gasteiger partial charge in [0.05, 0.1) is 5.92 Å². The van der Waals surface area contributed by atoms with Gasteiger partial charge in [0, 0.05) is 37.8 Å². The van der Waals surface area contributed by atoms with Gasteiger partial charge in [0.1, 0.15) is 0 Å². The number of carbonyl (C=O) groups excluding carboxylic acids is 2. The molecule has 0 spiro atoms. The van der Waals surface area contributed by atoms with Gasteiger partial charge in [0.15, 0.2) is 0 Å². The predicted octanol–water partition coefficient (Wildman–Crippen LogP) is 2.19. The third-order valence-corrected chi connectivity index (χ3v) is 5.73. The van der Waals surface area contributed by atoms with Crippen molar-refractivity contribution in [3.05, 3.63) is 29.8 Å². The summed E-state index contributed by atoms with van der Waals surface area (Å²) in [6.45, 7) is 6.18. The molecule has 2 unspecified atom stereocenters. The first-order valence-corrected chi connectivity index (χ1v) is 9.43. The van der Waals surface area contributed by atoms with Crippen molar-refractivity contribution in [2.75, 3.05) is 24.5 Å². The Bertz CT molecular complexity index is 618. The maximum Gasteiger partial charge on any atom is 0.228 e. The number of nitrogens with two attached hydrogens (primary N) is 1. The van der Waals surface area contributed by atoms with E-state index in [-0.39, 0.29) is 23.8 Å². The Hall–Kier alpha value is -1.88. The summed E-state index contributed by atoms with van der Waals surface area (Å²) in [5, 5.41) is 0. The Morgan fingerprint density at radius 3 is 2.44 bits per heavy atom. The van der Waals surface area contributed by atoms with Crippen LogP contribution in [0.3, 0.4) is 0 Å². The molecular formula is C20H29N3O2. The number of piperidine rings is 1. The molecule has 0 aromatic heterocycles. The zero-order valence-electron chi connectivity index (χ0n) is 15.3. The smallest absolute Gasteiger partial charge is 0.228 e. The van der Waals surface area contributed by atoms with Crippen LogP contribution in [0.2, 0.25) is 0 Å². The van der Waals surface area contributed by atoms with Crippen LogP contribution in [-0.4, -0.2) is 42.4 Å². The molecule has 2 N–H and O–H groups in total. The zero-order chi connectivity index (χ0) is 18.0. The van der Waals surface area contributed by atoms with E-state index in [1.807, 2.05) is 24.0 Å². The maximum atomic E-state index is 12.8. The summed E-state index contributed by atoms with van der Waals surface area (Å²) in [6, 6.07) is 8.26. The largest absolute Gasteiger partial charge is 0.342 e. The van der Waals surface area contributed by atoms with Crippen LogP contribution in [0.25, 0.3) is 0 Å².